The lowest BCUT2D eigenvalue weighted by atomic mass is 10.0. The Morgan fingerprint density at radius 2 is 2.21 bits per heavy atom. The summed E-state index contributed by atoms with van der Waals surface area (Å²) in [6.07, 6.45) is 2.21. The average Bonchev–Trinajstić information content (AvgIpc) is 2.52. The summed E-state index contributed by atoms with van der Waals surface area (Å²) in [5.41, 5.74) is 0. The molecule has 0 spiro atoms. The zero-order chi connectivity index (χ0) is 10.6. The van der Waals surface area contributed by atoms with Gasteiger partial charge in [0.25, 0.3) is 0 Å². The summed E-state index contributed by atoms with van der Waals surface area (Å²) in [6, 6.07) is 0.654. The summed E-state index contributed by atoms with van der Waals surface area (Å²) in [6.45, 7) is 6.85. The topological polar surface area (TPSA) is 32.7 Å². The van der Waals surface area contributed by atoms with E-state index in [9.17, 15) is 5.11 Å². The van der Waals surface area contributed by atoms with Gasteiger partial charge in [0.05, 0.1) is 12.7 Å². The van der Waals surface area contributed by atoms with Gasteiger partial charge in [0, 0.05) is 19.7 Å². The molecule has 0 bridgehead atoms. The van der Waals surface area contributed by atoms with Gasteiger partial charge in [-0.1, -0.05) is 13.8 Å². The first-order valence-electron chi connectivity index (χ1n) is 5.56. The Kier molecular flexibility index (Phi) is 4.85. The molecular formula is C11H23NO2. The summed E-state index contributed by atoms with van der Waals surface area (Å²) in [7, 11) is 1.63. The fourth-order valence-corrected chi connectivity index (χ4v) is 2.35. The van der Waals surface area contributed by atoms with Crippen molar-refractivity contribution < 1.29 is 9.84 Å². The number of nitrogens with zero attached hydrogens (tertiary/aromatic N) is 1. The van der Waals surface area contributed by atoms with Gasteiger partial charge in [-0.2, -0.15) is 0 Å². The van der Waals surface area contributed by atoms with Gasteiger partial charge in [0.2, 0.25) is 0 Å². The monoisotopic (exact) mass is 201 g/mol. The molecule has 0 amide bonds. The highest BCUT2D eigenvalue weighted by Crippen LogP contribution is 2.23. The van der Waals surface area contributed by atoms with Crippen LogP contribution in [0.15, 0.2) is 0 Å². The van der Waals surface area contributed by atoms with Crippen LogP contribution in [0.1, 0.15) is 26.7 Å². The van der Waals surface area contributed by atoms with E-state index in [4.69, 9.17) is 4.74 Å². The fourth-order valence-electron chi connectivity index (χ4n) is 2.35. The van der Waals surface area contributed by atoms with E-state index in [0.29, 0.717) is 18.6 Å². The molecule has 1 saturated heterocycles. The van der Waals surface area contributed by atoms with E-state index in [0.717, 1.165) is 13.1 Å². The maximum atomic E-state index is 9.64. The van der Waals surface area contributed by atoms with Crippen molar-refractivity contribution in [3.63, 3.8) is 0 Å². The Labute approximate surface area is 87.1 Å². The van der Waals surface area contributed by atoms with Crippen molar-refractivity contribution in [3.8, 4) is 0 Å². The summed E-state index contributed by atoms with van der Waals surface area (Å²) in [4.78, 5) is 2.40. The third kappa shape index (κ3) is 3.23. The van der Waals surface area contributed by atoms with Gasteiger partial charge in [-0.05, 0) is 25.3 Å². The number of likely N-dealkylation sites (tertiary alicyclic amines) is 1. The number of hydrogen-bond acceptors (Lipinski definition) is 3. The molecule has 1 aliphatic rings. The van der Waals surface area contributed by atoms with E-state index < -0.39 is 0 Å². The number of rotatable bonds is 5. The average molecular weight is 201 g/mol. The van der Waals surface area contributed by atoms with Gasteiger partial charge >= 0.3 is 0 Å². The SMILES string of the molecule is COCC(O)CN1CCCC1C(C)C. The van der Waals surface area contributed by atoms with Crippen LogP contribution in [0.4, 0.5) is 0 Å². The number of aliphatic hydroxyl groups is 1. The van der Waals surface area contributed by atoms with Crippen molar-refractivity contribution in [2.45, 2.75) is 38.8 Å². The Morgan fingerprint density at radius 3 is 2.79 bits per heavy atom. The van der Waals surface area contributed by atoms with Gasteiger partial charge in [0.1, 0.15) is 0 Å². The van der Waals surface area contributed by atoms with Crippen LogP contribution in [0.5, 0.6) is 0 Å². The summed E-state index contributed by atoms with van der Waals surface area (Å²) in [5, 5.41) is 9.64. The lowest BCUT2D eigenvalue weighted by Gasteiger charge is -2.29. The lowest BCUT2D eigenvalue weighted by molar-refractivity contribution is 0.0303. The van der Waals surface area contributed by atoms with Crippen molar-refractivity contribution in [1.29, 1.82) is 0 Å². The van der Waals surface area contributed by atoms with Crippen LogP contribution in [0, 0.1) is 5.92 Å². The molecule has 3 heteroatoms. The first kappa shape index (κ1) is 12.0. The molecule has 1 aliphatic heterocycles. The molecule has 0 aromatic heterocycles. The molecule has 3 nitrogen and oxygen atoms in total. The minimum absolute atomic E-state index is 0.334. The standard InChI is InChI=1S/C11H23NO2/c1-9(2)11-5-4-6-12(11)7-10(13)8-14-3/h9-11,13H,4-8H2,1-3H3. The summed E-state index contributed by atoms with van der Waals surface area (Å²) in [5.74, 6) is 0.687. The number of methoxy groups -OCH3 is 1. The smallest absolute Gasteiger partial charge is 0.0900 e. The van der Waals surface area contributed by atoms with Crippen molar-refractivity contribution in [1.82, 2.24) is 4.90 Å². The molecule has 0 aliphatic carbocycles. The van der Waals surface area contributed by atoms with Crippen LogP contribution in [-0.2, 0) is 4.74 Å². The number of β-amino-alcohol motifs (C(OH)–C–C–N with tert-alkyl or cyclic N) is 1. The molecule has 0 radical (unpaired) electrons. The van der Waals surface area contributed by atoms with Crippen LogP contribution >= 0.6 is 0 Å². The van der Waals surface area contributed by atoms with Gasteiger partial charge < -0.3 is 9.84 Å². The predicted molar refractivity (Wildman–Crippen MR) is 57.3 cm³/mol. The van der Waals surface area contributed by atoms with Crippen LogP contribution in [-0.4, -0.2) is 49.0 Å². The first-order chi connectivity index (χ1) is 6.65. The molecule has 0 aromatic carbocycles. The first-order valence-corrected chi connectivity index (χ1v) is 5.56. The number of aliphatic hydroxyl groups excluding tert-OH is 1. The second-order valence-electron chi connectivity index (χ2n) is 4.56. The quantitative estimate of drug-likeness (QED) is 0.723. The number of ether oxygens (including phenoxy) is 1. The molecular weight excluding hydrogens is 178 g/mol. The van der Waals surface area contributed by atoms with E-state index in [1.165, 1.54) is 12.8 Å². The van der Waals surface area contributed by atoms with Crippen molar-refractivity contribution in [3.05, 3.63) is 0 Å². The van der Waals surface area contributed by atoms with Crippen LogP contribution in [0.3, 0.4) is 0 Å². The second-order valence-corrected chi connectivity index (χ2v) is 4.56. The van der Waals surface area contributed by atoms with Gasteiger partial charge in [0.15, 0.2) is 0 Å². The van der Waals surface area contributed by atoms with E-state index in [1.807, 2.05) is 0 Å². The molecule has 1 rings (SSSR count). The fraction of sp³-hybridized carbons (Fsp3) is 1.00. The molecule has 1 N–H and O–H groups in total. The Bertz CT molecular complexity index is 161. The van der Waals surface area contributed by atoms with Gasteiger partial charge in [-0.3, -0.25) is 4.90 Å². The minimum atomic E-state index is -0.334. The highest BCUT2D eigenvalue weighted by molar-refractivity contribution is 4.82. The maximum absolute atomic E-state index is 9.64. The molecule has 1 fully saturated rings. The summed E-state index contributed by atoms with van der Waals surface area (Å²) < 4.78 is 4.93. The molecule has 2 unspecified atom stereocenters. The molecule has 0 saturated carbocycles. The molecule has 2 atom stereocenters. The van der Waals surface area contributed by atoms with Crippen molar-refractivity contribution in [2.24, 2.45) is 5.92 Å². The summed E-state index contributed by atoms with van der Waals surface area (Å²) >= 11 is 0. The van der Waals surface area contributed by atoms with Crippen molar-refractivity contribution >= 4 is 0 Å². The third-order valence-electron chi connectivity index (χ3n) is 2.99. The van der Waals surface area contributed by atoms with Crippen LogP contribution in [0.2, 0.25) is 0 Å². The van der Waals surface area contributed by atoms with Crippen LogP contribution in [0.25, 0.3) is 0 Å². The Hall–Kier alpha value is -0.120. The number of hydrogen-bond donors (Lipinski definition) is 1. The highest BCUT2D eigenvalue weighted by Gasteiger charge is 2.28. The molecule has 1 heterocycles. The van der Waals surface area contributed by atoms with E-state index in [2.05, 4.69) is 18.7 Å². The van der Waals surface area contributed by atoms with Crippen LogP contribution < -0.4 is 0 Å². The van der Waals surface area contributed by atoms with E-state index in [-0.39, 0.29) is 6.10 Å². The molecule has 0 aromatic rings. The molecule has 14 heavy (non-hydrogen) atoms. The van der Waals surface area contributed by atoms with Gasteiger partial charge in [-0.25, -0.2) is 0 Å². The van der Waals surface area contributed by atoms with Gasteiger partial charge in [-0.15, -0.1) is 0 Å². The Balaban J connectivity index is 2.35. The second kappa shape index (κ2) is 5.69. The lowest BCUT2D eigenvalue weighted by Crippen LogP contribution is -2.40. The van der Waals surface area contributed by atoms with E-state index >= 15 is 0 Å². The maximum Gasteiger partial charge on any atom is 0.0900 e. The zero-order valence-electron chi connectivity index (χ0n) is 9.57. The third-order valence-corrected chi connectivity index (χ3v) is 2.99. The molecule has 84 valence electrons. The van der Waals surface area contributed by atoms with Crippen molar-refractivity contribution in [2.75, 3.05) is 26.8 Å². The predicted octanol–water partition coefficient (Wildman–Crippen LogP) is 1.11. The van der Waals surface area contributed by atoms with E-state index in [1.54, 1.807) is 7.11 Å². The minimum Gasteiger partial charge on any atom is -0.389 e. The highest BCUT2D eigenvalue weighted by atomic mass is 16.5. The zero-order valence-corrected chi connectivity index (χ0v) is 9.57. The largest absolute Gasteiger partial charge is 0.389 e. The Morgan fingerprint density at radius 1 is 1.50 bits per heavy atom. The normalized spacial score (nSPS) is 25.9.